The molecule has 0 saturated carbocycles. The fourth-order valence-electron chi connectivity index (χ4n) is 3.49. The van der Waals surface area contributed by atoms with E-state index in [2.05, 4.69) is 9.71 Å². The van der Waals surface area contributed by atoms with E-state index in [1.165, 1.54) is 25.4 Å². The Bertz CT molecular complexity index is 1270. The van der Waals surface area contributed by atoms with Crippen molar-refractivity contribution in [1.82, 2.24) is 9.88 Å². The van der Waals surface area contributed by atoms with Crippen molar-refractivity contribution >= 4 is 27.5 Å². The summed E-state index contributed by atoms with van der Waals surface area (Å²) in [6.07, 6.45) is 2.29. The van der Waals surface area contributed by atoms with Crippen LogP contribution in [0.25, 0.3) is 0 Å². The van der Waals surface area contributed by atoms with E-state index in [-0.39, 0.29) is 28.4 Å². The maximum absolute atomic E-state index is 13.1. The van der Waals surface area contributed by atoms with Crippen LogP contribution in [0.2, 0.25) is 0 Å². The van der Waals surface area contributed by atoms with E-state index in [9.17, 15) is 18.0 Å². The highest BCUT2D eigenvalue weighted by Crippen LogP contribution is 2.29. The number of ether oxygens (including phenoxy) is 1. The van der Waals surface area contributed by atoms with Gasteiger partial charge in [-0.2, -0.15) is 0 Å². The number of carbonyl (C=O) groups excluding carboxylic acids is 2. The number of imide groups is 1. The lowest BCUT2D eigenvalue weighted by Crippen LogP contribution is -2.29. The molecule has 0 bridgehead atoms. The molecule has 2 heterocycles. The van der Waals surface area contributed by atoms with Gasteiger partial charge in [0, 0.05) is 11.9 Å². The summed E-state index contributed by atoms with van der Waals surface area (Å²) in [5.74, 6) is -0.831. The lowest BCUT2D eigenvalue weighted by molar-refractivity contribution is 0.0640. The molecule has 0 aliphatic carbocycles. The number of sulfonamides is 1. The molecule has 4 rings (SSSR count). The Morgan fingerprint density at radius 1 is 1.00 bits per heavy atom. The van der Waals surface area contributed by atoms with Crippen LogP contribution in [0.1, 0.15) is 38.9 Å². The van der Waals surface area contributed by atoms with Crippen LogP contribution in [-0.2, 0) is 23.0 Å². The molecule has 0 fully saturated rings. The van der Waals surface area contributed by atoms with E-state index in [4.69, 9.17) is 4.74 Å². The van der Waals surface area contributed by atoms with Crippen LogP contribution in [0.15, 0.2) is 65.7 Å². The quantitative estimate of drug-likeness (QED) is 0.553. The molecule has 8 nitrogen and oxygen atoms in total. The summed E-state index contributed by atoms with van der Waals surface area (Å²) in [6.45, 7) is 1.92. The van der Waals surface area contributed by atoms with Gasteiger partial charge in [0.15, 0.2) is 0 Å². The topological polar surface area (TPSA) is 106 Å². The number of amides is 2. The molecule has 1 aromatic heterocycles. The Balaban J connectivity index is 1.63. The number of nitrogens with zero attached hydrogens (tertiary/aromatic N) is 2. The van der Waals surface area contributed by atoms with Gasteiger partial charge in [-0.05, 0) is 53.9 Å². The van der Waals surface area contributed by atoms with E-state index in [1.807, 2.05) is 19.1 Å². The van der Waals surface area contributed by atoms with Crippen LogP contribution in [-0.4, -0.2) is 37.2 Å². The Labute approximate surface area is 185 Å². The molecule has 164 valence electrons. The Morgan fingerprint density at radius 3 is 2.38 bits per heavy atom. The number of hydrogen-bond acceptors (Lipinski definition) is 6. The SMILES string of the molecule is CCc1ccc(NS(=O)(=O)c2cc(CN3C(=O)c4cccnc4C3=O)ccc2OC)cc1. The van der Waals surface area contributed by atoms with Crippen molar-refractivity contribution in [2.24, 2.45) is 0 Å². The largest absolute Gasteiger partial charge is 0.495 e. The van der Waals surface area contributed by atoms with Crippen molar-refractivity contribution in [1.29, 1.82) is 0 Å². The first kappa shape index (κ1) is 21.5. The number of benzene rings is 2. The summed E-state index contributed by atoms with van der Waals surface area (Å²) < 4.78 is 34.0. The molecule has 32 heavy (non-hydrogen) atoms. The van der Waals surface area contributed by atoms with Crippen LogP contribution in [0.5, 0.6) is 5.75 Å². The van der Waals surface area contributed by atoms with Crippen molar-refractivity contribution in [2.45, 2.75) is 24.8 Å². The third-order valence-electron chi connectivity index (χ3n) is 5.20. The minimum absolute atomic E-state index is 0.0909. The van der Waals surface area contributed by atoms with Gasteiger partial charge >= 0.3 is 0 Å². The molecule has 0 atom stereocenters. The zero-order valence-electron chi connectivity index (χ0n) is 17.5. The molecule has 1 aliphatic heterocycles. The van der Waals surface area contributed by atoms with E-state index in [0.29, 0.717) is 11.3 Å². The summed E-state index contributed by atoms with van der Waals surface area (Å²) in [5.41, 5.74) is 2.29. The van der Waals surface area contributed by atoms with E-state index in [0.717, 1.165) is 16.9 Å². The lowest BCUT2D eigenvalue weighted by Gasteiger charge is -2.16. The number of fused-ring (bicyclic) bond motifs is 1. The van der Waals surface area contributed by atoms with Gasteiger partial charge in [-0.15, -0.1) is 0 Å². The van der Waals surface area contributed by atoms with E-state index in [1.54, 1.807) is 30.3 Å². The molecule has 2 amide bonds. The van der Waals surface area contributed by atoms with Crippen LogP contribution < -0.4 is 9.46 Å². The summed E-state index contributed by atoms with van der Waals surface area (Å²) in [5, 5.41) is 0. The van der Waals surface area contributed by atoms with E-state index < -0.39 is 21.8 Å². The summed E-state index contributed by atoms with van der Waals surface area (Å²) in [6, 6.07) is 14.7. The maximum atomic E-state index is 13.1. The average Bonchev–Trinajstić information content (AvgIpc) is 3.04. The van der Waals surface area contributed by atoms with Gasteiger partial charge in [-0.25, -0.2) is 8.42 Å². The molecule has 0 unspecified atom stereocenters. The number of hydrogen-bond donors (Lipinski definition) is 1. The zero-order chi connectivity index (χ0) is 22.9. The molecule has 0 saturated heterocycles. The number of rotatable bonds is 7. The Morgan fingerprint density at radius 2 is 1.72 bits per heavy atom. The summed E-state index contributed by atoms with van der Waals surface area (Å²) in [7, 11) is -2.61. The van der Waals surface area contributed by atoms with Gasteiger partial charge in [-0.1, -0.05) is 25.1 Å². The summed E-state index contributed by atoms with van der Waals surface area (Å²) in [4.78, 5) is 30.2. The number of aryl methyl sites for hydroxylation is 1. The second-order valence-corrected chi connectivity index (χ2v) is 8.89. The van der Waals surface area contributed by atoms with Gasteiger partial charge < -0.3 is 4.74 Å². The molecule has 0 spiro atoms. The highest BCUT2D eigenvalue weighted by atomic mass is 32.2. The van der Waals surface area contributed by atoms with Gasteiger partial charge in [0.1, 0.15) is 16.3 Å². The second kappa shape index (κ2) is 8.43. The van der Waals surface area contributed by atoms with Crippen molar-refractivity contribution in [3.05, 3.63) is 83.2 Å². The third kappa shape index (κ3) is 3.94. The lowest BCUT2D eigenvalue weighted by atomic mass is 10.2. The van der Waals surface area contributed by atoms with Crippen LogP contribution in [0, 0.1) is 0 Å². The number of anilines is 1. The molecular weight excluding hydrogens is 430 g/mol. The monoisotopic (exact) mass is 451 g/mol. The van der Waals surface area contributed by atoms with Gasteiger partial charge in [0.2, 0.25) is 0 Å². The number of aromatic nitrogens is 1. The average molecular weight is 452 g/mol. The highest BCUT2D eigenvalue weighted by Gasteiger charge is 2.36. The first-order valence-electron chi connectivity index (χ1n) is 9.94. The van der Waals surface area contributed by atoms with Gasteiger partial charge in [0.25, 0.3) is 21.8 Å². The Hall–Kier alpha value is -3.72. The molecule has 1 aliphatic rings. The molecule has 1 N–H and O–H groups in total. The maximum Gasteiger partial charge on any atom is 0.280 e. The van der Waals surface area contributed by atoms with Crippen LogP contribution >= 0.6 is 0 Å². The fourth-order valence-corrected chi connectivity index (χ4v) is 4.77. The normalized spacial score (nSPS) is 13.2. The minimum Gasteiger partial charge on any atom is -0.495 e. The van der Waals surface area contributed by atoms with Crippen molar-refractivity contribution < 1.29 is 22.7 Å². The first-order chi connectivity index (χ1) is 15.3. The molecule has 3 aromatic rings. The van der Waals surface area contributed by atoms with Gasteiger partial charge in [-0.3, -0.25) is 24.2 Å². The van der Waals surface area contributed by atoms with Crippen molar-refractivity contribution in [3.63, 3.8) is 0 Å². The standard InChI is InChI=1S/C23H21N3O5S/c1-3-15-6-9-17(10-7-15)25-32(29,30)20-13-16(8-11-19(20)31-2)14-26-22(27)18-5-4-12-24-21(18)23(26)28/h4-13,25H,3,14H2,1-2H3. The minimum atomic E-state index is -3.99. The summed E-state index contributed by atoms with van der Waals surface area (Å²) >= 11 is 0. The number of carbonyl (C=O) groups is 2. The Kier molecular flexibility index (Phi) is 5.67. The third-order valence-corrected chi connectivity index (χ3v) is 6.61. The second-order valence-electron chi connectivity index (χ2n) is 7.24. The van der Waals surface area contributed by atoms with E-state index >= 15 is 0 Å². The smallest absolute Gasteiger partial charge is 0.280 e. The molecular formula is C23H21N3O5S. The number of nitrogens with one attached hydrogen (secondary N) is 1. The molecule has 2 aromatic carbocycles. The predicted octanol–water partition coefficient (Wildman–Crippen LogP) is 3.25. The van der Waals surface area contributed by atoms with Crippen LogP contribution in [0.4, 0.5) is 5.69 Å². The first-order valence-corrected chi connectivity index (χ1v) is 11.4. The van der Waals surface area contributed by atoms with Gasteiger partial charge in [0.05, 0.1) is 19.2 Å². The number of methoxy groups -OCH3 is 1. The van der Waals surface area contributed by atoms with Crippen molar-refractivity contribution in [3.8, 4) is 5.75 Å². The van der Waals surface area contributed by atoms with Crippen molar-refractivity contribution in [2.75, 3.05) is 11.8 Å². The fraction of sp³-hybridized carbons (Fsp3) is 0.174. The molecule has 9 heteroatoms. The van der Waals surface area contributed by atoms with Crippen LogP contribution in [0.3, 0.4) is 0 Å². The highest BCUT2D eigenvalue weighted by molar-refractivity contribution is 7.92. The number of pyridine rings is 1. The zero-order valence-corrected chi connectivity index (χ0v) is 18.3. The molecule has 0 radical (unpaired) electrons. The predicted molar refractivity (Wildman–Crippen MR) is 118 cm³/mol.